The molecule has 1 aliphatic heterocycles. The van der Waals surface area contributed by atoms with E-state index in [4.69, 9.17) is 9.47 Å². The Morgan fingerprint density at radius 1 is 1.35 bits per heavy atom. The van der Waals surface area contributed by atoms with E-state index in [1.54, 1.807) is 11.8 Å². The van der Waals surface area contributed by atoms with Crippen LogP contribution in [0.2, 0.25) is 0 Å². The molecule has 0 radical (unpaired) electrons. The lowest BCUT2D eigenvalue weighted by Crippen LogP contribution is -2.53. The summed E-state index contributed by atoms with van der Waals surface area (Å²) >= 11 is 0. The van der Waals surface area contributed by atoms with Gasteiger partial charge in [-0.3, -0.25) is 9.59 Å². The second-order valence-corrected chi connectivity index (χ2v) is 6.22. The predicted molar refractivity (Wildman–Crippen MR) is 76.2 cm³/mol. The lowest BCUT2D eigenvalue weighted by Gasteiger charge is -2.39. The second-order valence-electron chi connectivity index (χ2n) is 6.22. The van der Waals surface area contributed by atoms with Crippen LogP contribution in [0.3, 0.4) is 0 Å². The largest absolute Gasteiger partial charge is 0.465 e. The third kappa shape index (κ3) is 4.47. The normalized spacial score (nSPS) is 23.2. The Morgan fingerprint density at radius 2 is 2.00 bits per heavy atom. The standard InChI is InChI=1S/C15H27NO4/c1-6-19-13(17)10-16(15(3,4)5)14(18)12-8-7-9-20-11(12)2/h11-12H,6-10H2,1-5H3/t11-,12+/m0/s1. The highest BCUT2D eigenvalue weighted by Crippen LogP contribution is 2.26. The van der Waals surface area contributed by atoms with Crippen molar-refractivity contribution in [2.45, 2.75) is 59.1 Å². The maximum atomic E-state index is 12.7. The highest BCUT2D eigenvalue weighted by Gasteiger charge is 2.37. The Bertz CT molecular complexity index is 348. The maximum Gasteiger partial charge on any atom is 0.325 e. The number of hydrogen-bond donors (Lipinski definition) is 0. The molecule has 1 aliphatic rings. The summed E-state index contributed by atoms with van der Waals surface area (Å²) in [6.07, 6.45) is 1.61. The Morgan fingerprint density at radius 3 is 2.50 bits per heavy atom. The topological polar surface area (TPSA) is 55.8 Å². The van der Waals surface area contributed by atoms with Crippen LogP contribution in [0.1, 0.15) is 47.5 Å². The molecule has 1 amide bonds. The molecule has 1 saturated heterocycles. The zero-order chi connectivity index (χ0) is 15.3. The van der Waals surface area contributed by atoms with E-state index in [-0.39, 0.29) is 30.4 Å². The van der Waals surface area contributed by atoms with Gasteiger partial charge in [0, 0.05) is 12.1 Å². The van der Waals surface area contributed by atoms with Crippen molar-refractivity contribution in [1.82, 2.24) is 4.90 Å². The first kappa shape index (κ1) is 17.0. The van der Waals surface area contributed by atoms with Crippen molar-refractivity contribution in [3.05, 3.63) is 0 Å². The summed E-state index contributed by atoms with van der Waals surface area (Å²) in [7, 11) is 0. The molecule has 1 rings (SSSR count). The molecule has 0 aromatic carbocycles. The Labute approximate surface area is 121 Å². The summed E-state index contributed by atoms with van der Waals surface area (Å²) in [6.45, 7) is 10.5. The average Bonchev–Trinajstić information content (AvgIpc) is 2.35. The van der Waals surface area contributed by atoms with Crippen molar-refractivity contribution in [1.29, 1.82) is 0 Å². The summed E-state index contributed by atoms with van der Waals surface area (Å²) < 4.78 is 10.5. The predicted octanol–water partition coefficient (Wildman–Crippen LogP) is 1.99. The van der Waals surface area contributed by atoms with E-state index >= 15 is 0 Å². The minimum atomic E-state index is -0.416. The number of nitrogens with zero attached hydrogens (tertiary/aromatic N) is 1. The molecule has 0 unspecified atom stereocenters. The van der Waals surface area contributed by atoms with Gasteiger partial charge in [-0.25, -0.2) is 0 Å². The number of amides is 1. The van der Waals surface area contributed by atoms with E-state index in [1.807, 2.05) is 27.7 Å². The van der Waals surface area contributed by atoms with Gasteiger partial charge in [0.05, 0.1) is 18.6 Å². The van der Waals surface area contributed by atoms with Crippen LogP contribution in [-0.4, -0.2) is 48.2 Å². The summed E-state index contributed by atoms with van der Waals surface area (Å²) in [5.41, 5.74) is -0.416. The molecule has 20 heavy (non-hydrogen) atoms. The fourth-order valence-electron chi connectivity index (χ4n) is 2.43. The van der Waals surface area contributed by atoms with Crippen molar-refractivity contribution >= 4 is 11.9 Å². The number of esters is 1. The Balaban J connectivity index is 2.81. The van der Waals surface area contributed by atoms with E-state index in [0.29, 0.717) is 13.2 Å². The van der Waals surface area contributed by atoms with Crippen LogP contribution in [0.15, 0.2) is 0 Å². The second kappa shape index (κ2) is 7.07. The van der Waals surface area contributed by atoms with Gasteiger partial charge in [0.1, 0.15) is 6.54 Å². The van der Waals surface area contributed by atoms with Gasteiger partial charge < -0.3 is 14.4 Å². The van der Waals surface area contributed by atoms with Crippen molar-refractivity contribution in [3.8, 4) is 0 Å². The first-order chi connectivity index (χ1) is 9.27. The van der Waals surface area contributed by atoms with Gasteiger partial charge in [-0.15, -0.1) is 0 Å². The minimum absolute atomic E-state index is 0.000602. The third-order valence-electron chi connectivity index (χ3n) is 3.59. The molecular weight excluding hydrogens is 258 g/mol. The zero-order valence-corrected chi connectivity index (χ0v) is 13.3. The average molecular weight is 285 g/mol. The van der Waals surface area contributed by atoms with Crippen LogP contribution < -0.4 is 0 Å². The quantitative estimate of drug-likeness (QED) is 0.741. The van der Waals surface area contributed by atoms with E-state index < -0.39 is 5.54 Å². The molecule has 0 spiro atoms. The summed E-state index contributed by atoms with van der Waals surface area (Å²) in [5, 5.41) is 0. The van der Waals surface area contributed by atoms with Crippen LogP contribution in [-0.2, 0) is 19.1 Å². The number of ether oxygens (including phenoxy) is 2. The Kier molecular flexibility index (Phi) is 5.99. The maximum absolute atomic E-state index is 12.7. The van der Waals surface area contributed by atoms with Crippen molar-refractivity contribution in [2.24, 2.45) is 5.92 Å². The van der Waals surface area contributed by atoms with Crippen molar-refractivity contribution in [3.63, 3.8) is 0 Å². The fourth-order valence-corrected chi connectivity index (χ4v) is 2.43. The lowest BCUT2D eigenvalue weighted by atomic mass is 9.91. The molecule has 0 N–H and O–H groups in total. The summed E-state index contributed by atoms with van der Waals surface area (Å²) in [6, 6.07) is 0. The van der Waals surface area contributed by atoms with E-state index in [1.165, 1.54) is 0 Å². The molecule has 0 aliphatic carbocycles. The molecule has 0 saturated carbocycles. The van der Waals surface area contributed by atoms with Crippen LogP contribution in [0, 0.1) is 5.92 Å². The third-order valence-corrected chi connectivity index (χ3v) is 3.59. The van der Waals surface area contributed by atoms with Gasteiger partial charge in [-0.2, -0.15) is 0 Å². The first-order valence-corrected chi connectivity index (χ1v) is 7.36. The van der Waals surface area contributed by atoms with E-state index in [9.17, 15) is 9.59 Å². The summed E-state index contributed by atoms with van der Waals surface area (Å²) in [5.74, 6) is -0.546. The van der Waals surface area contributed by atoms with Crippen LogP contribution in [0.4, 0.5) is 0 Å². The number of rotatable bonds is 4. The van der Waals surface area contributed by atoms with Gasteiger partial charge in [-0.05, 0) is 47.5 Å². The van der Waals surface area contributed by atoms with Crippen LogP contribution in [0.25, 0.3) is 0 Å². The highest BCUT2D eigenvalue weighted by atomic mass is 16.5. The van der Waals surface area contributed by atoms with Crippen molar-refractivity contribution in [2.75, 3.05) is 19.8 Å². The molecule has 5 heteroatoms. The molecule has 0 aromatic rings. The summed E-state index contributed by atoms with van der Waals surface area (Å²) in [4.78, 5) is 26.1. The first-order valence-electron chi connectivity index (χ1n) is 7.36. The highest BCUT2D eigenvalue weighted by molar-refractivity contribution is 5.84. The zero-order valence-electron chi connectivity index (χ0n) is 13.3. The lowest BCUT2D eigenvalue weighted by molar-refractivity contribution is -0.158. The number of carbonyl (C=O) groups excluding carboxylic acids is 2. The minimum Gasteiger partial charge on any atom is -0.465 e. The monoisotopic (exact) mass is 285 g/mol. The molecule has 1 fully saturated rings. The van der Waals surface area contributed by atoms with Crippen LogP contribution >= 0.6 is 0 Å². The fraction of sp³-hybridized carbons (Fsp3) is 0.867. The molecule has 0 bridgehead atoms. The molecule has 5 nitrogen and oxygen atoms in total. The molecule has 2 atom stereocenters. The van der Waals surface area contributed by atoms with Gasteiger partial charge in [0.2, 0.25) is 5.91 Å². The van der Waals surface area contributed by atoms with Gasteiger partial charge in [0.15, 0.2) is 0 Å². The number of carbonyl (C=O) groups is 2. The van der Waals surface area contributed by atoms with E-state index in [2.05, 4.69) is 0 Å². The van der Waals surface area contributed by atoms with Gasteiger partial charge in [-0.1, -0.05) is 0 Å². The molecule has 1 heterocycles. The molecule has 116 valence electrons. The Hall–Kier alpha value is -1.10. The smallest absolute Gasteiger partial charge is 0.325 e. The van der Waals surface area contributed by atoms with Gasteiger partial charge >= 0.3 is 5.97 Å². The number of hydrogen-bond acceptors (Lipinski definition) is 4. The SMILES string of the molecule is CCOC(=O)CN(C(=O)[C@@H]1CCCO[C@H]1C)C(C)(C)C. The molecular formula is C15H27NO4. The van der Waals surface area contributed by atoms with Gasteiger partial charge in [0.25, 0.3) is 0 Å². The van der Waals surface area contributed by atoms with E-state index in [0.717, 1.165) is 12.8 Å². The molecule has 0 aromatic heterocycles. The van der Waals surface area contributed by atoms with Crippen molar-refractivity contribution < 1.29 is 19.1 Å². The van der Waals surface area contributed by atoms with Crippen LogP contribution in [0.5, 0.6) is 0 Å².